The van der Waals surface area contributed by atoms with Gasteiger partial charge in [0, 0.05) is 0 Å². The summed E-state index contributed by atoms with van der Waals surface area (Å²) in [4.78, 5) is 24.6. The number of hydrogen-bond donors (Lipinski definition) is 1. The summed E-state index contributed by atoms with van der Waals surface area (Å²) < 4.78 is 0. The summed E-state index contributed by atoms with van der Waals surface area (Å²) in [6, 6.07) is -0.449. The normalized spacial score (nSPS) is 21.1. The van der Waals surface area contributed by atoms with Gasteiger partial charge in [0.15, 0.2) is 0 Å². The van der Waals surface area contributed by atoms with Crippen molar-refractivity contribution in [3.63, 3.8) is 0 Å². The van der Waals surface area contributed by atoms with Gasteiger partial charge in [-0.25, -0.2) is 0 Å². The van der Waals surface area contributed by atoms with Crippen LogP contribution in [0.3, 0.4) is 0 Å². The quantitative estimate of drug-likeness (QED) is 0.720. The number of carboxylic acids is 1. The molecule has 1 unspecified atom stereocenters. The van der Waals surface area contributed by atoms with Crippen molar-refractivity contribution in [2.75, 3.05) is 13.1 Å². The fraction of sp³-hybridized carbons (Fsp3) is 0.846. The number of carbonyl (C=O) groups is 2. The Labute approximate surface area is 103 Å². The first kappa shape index (κ1) is 14.2. The molecule has 0 spiro atoms. The van der Waals surface area contributed by atoms with Gasteiger partial charge in [-0.15, -0.1) is 0 Å². The number of rotatable bonds is 6. The van der Waals surface area contributed by atoms with Crippen molar-refractivity contribution in [2.24, 2.45) is 11.8 Å². The molecule has 1 heterocycles. The number of aliphatic carboxylic acids is 1. The molecule has 4 nitrogen and oxygen atoms in total. The van der Waals surface area contributed by atoms with Gasteiger partial charge in [0.25, 0.3) is 0 Å². The monoisotopic (exact) mass is 241 g/mol. The molecule has 0 amide bonds. The van der Waals surface area contributed by atoms with Crippen LogP contribution in [0.4, 0.5) is 0 Å². The van der Waals surface area contributed by atoms with E-state index in [4.69, 9.17) is 0 Å². The molecule has 0 radical (unpaired) electrons. The van der Waals surface area contributed by atoms with E-state index in [1.54, 1.807) is 0 Å². The van der Waals surface area contributed by atoms with Crippen LogP contribution in [0, 0.1) is 11.8 Å². The highest BCUT2D eigenvalue weighted by Gasteiger charge is 2.33. The highest BCUT2D eigenvalue weighted by Crippen LogP contribution is 2.22. The lowest BCUT2D eigenvalue weighted by Gasteiger charge is -2.34. The first-order valence-corrected chi connectivity index (χ1v) is 6.48. The van der Waals surface area contributed by atoms with Crippen LogP contribution in [0.1, 0.15) is 39.5 Å². The van der Waals surface area contributed by atoms with E-state index in [0.29, 0.717) is 12.3 Å². The van der Waals surface area contributed by atoms with Crippen LogP contribution in [0.2, 0.25) is 0 Å². The van der Waals surface area contributed by atoms with Crippen LogP contribution in [0.15, 0.2) is 0 Å². The lowest BCUT2D eigenvalue weighted by atomic mass is 9.89. The van der Waals surface area contributed by atoms with Crippen molar-refractivity contribution in [3.8, 4) is 0 Å². The van der Waals surface area contributed by atoms with Crippen LogP contribution in [0.25, 0.3) is 0 Å². The molecule has 0 saturated carbocycles. The number of aldehydes is 1. The average Bonchev–Trinajstić information content (AvgIpc) is 2.29. The Hall–Kier alpha value is -0.900. The SMILES string of the molecule is CC(C)C[C@@H](C(=O)O)C(C=O)N1CCCCC1. The molecular weight excluding hydrogens is 218 g/mol. The van der Waals surface area contributed by atoms with Gasteiger partial charge in [0.1, 0.15) is 6.29 Å². The Morgan fingerprint density at radius 1 is 1.29 bits per heavy atom. The van der Waals surface area contributed by atoms with Gasteiger partial charge in [-0.1, -0.05) is 20.3 Å². The first-order valence-electron chi connectivity index (χ1n) is 6.48. The van der Waals surface area contributed by atoms with Crippen LogP contribution >= 0.6 is 0 Å². The number of likely N-dealkylation sites (tertiary alicyclic amines) is 1. The Bertz CT molecular complexity index is 259. The van der Waals surface area contributed by atoms with Crippen LogP contribution in [-0.2, 0) is 9.59 Å². The molecule has 4 heteroatoms. The number of hydrogen-bond acceptors (Lipinski definition) is 3. The van der Waals surface area contributed by atoms with Crippen LogP contribution < -0.4 is 0 Å². The Kier molecular flexibility index (Phi) is 5.62. The molecule has 1 saturated heterocycles. The van der Waals surface area contributed by atoms with E-state index in [-0.39, 0.29) is 0 Å². The molecule has 1 rings (SSSR count). The highest BCUT2D eigenvalue weighted by atomic mass is 16.4. The van der Waals surface area contributed by atoms with Crippen molar-refractivity contribution in [2.45, 2.75) is 45.6 Å². The van der Waals surface area contributed by atoms with E-state index in [2.05, 4.69) is 0 Å². The minimum absolute atomic E-state index is 0.295. The molecule has 1 aliphatic rings. The molecule has 17 heavy (non-hydrogen) atoms. The lowest BCUT2D eigenvalue weighted by molar-refractivity contribution is -0.147. The molecule has 2 atom stereocenters. The summed E-state index contributed by atoms with van der Waals surface area (Å²) in [5.41, 5.74) is 0. The molecule has 98 valence electrons. The second kappa shape index (κ2) is 6.74. The van der Waals surface area contributed by atoms with E-state index >= 15 is 0 Å². The zero-order valence-electron chi connectivity index (χ0n) is 10.8. The predicted octanol–water partition coefficient (Wildman–Crippen LogP) is 1.79. The molecular formula is C13H23NO3. The fourth-order valence-electron chi connectivity index (χ4n) is 2.55. The van der Waals surface area contributed by atoms with E-state index in [1.807, 2.05) is 18.7 Å². The van der Waals surface area contributed by atoms with Crippen molar-refractivity contribution < 1.29 is 14.7 Å². The summed E-state index contributed by atoms with van der Waals surface area (Å²) in [5.74, 6) is -1.12. The van der Waals surface area contributed by atoms with Gasteiger partial charge in [0.05, 0.1) is 12.0 Å². The van der Waals surface area contributed by atoms with Gasteiger partial charge >= 0.3 is 5.97 Å². The minimum atomic E-state index is -0.846. The van der Waals surface area contributed by atoms with E-state index in [1.165, 1.54) is 6.42 Å². The zero-order chi connectivity index (χ0) is 12.8. The molecule has 0 aromatic heterocycles. The molecule has 0 bridgehead atoms. The number of carboxylic acid groups (broad SMARTS) is 1. The number of piperidine rings is 1. The standard InChI is InChI=1S/C13H23NO3/c1-10(2)8-11(13(16)17)12(9-15)14-6-4-3-5-7-14/h9-12H,3-8H2,1-2H3,(H,16,17)/t11-,12?/m1/s1. The molecule has 0 aromatic rings. The lowest BCUT2D eigenvalue weighted by Crippen LogP contribution is -2.47. The third kappa shape index (κ3) is 4.11. The molecule has 1 aliphatic heterocycles. The molecule has 0 aliphatic carbocycles. The van der Waals surface area contributed by atoms with Crippen molar-refractivity contribution in [1.29, 1.82) is 0 Å². The van der Waals surface area contributed by atoms with E-state index in [0.717, 1.165) is 32.2 Å². The Morgan fingerprint density at radius 3 is 2.29 bits per heavy atom. The zero-order valence-corrected chi connectivity index (χ0v) is 10.8. The van der Waals surface area contributed by atoms with Crippen molar-refractivity contribution in [3.05, 3.63) is 0 Å². The topological polar surface area (TPSA) is 57.6 Å². The highest BCUT2D eigenvalue weighted by molar-refractivity contribution is 5.76. The fourth-order valence-corrected chi connectivity index (χ4v) is 2.55. The van der Waals surface area contributed by atoms with Crippen LogP contribution in [0.5, 0.6) is 0 Å². The maximum Gasteiger partial charge on any atom is 0.308 e. The molecule has 1 N–H and O–H groups in total. The van der Waals surface area contributed by atoms with Crippen LogP contribution in [-0.4, -0.2) is 41.4 Å². The summed E-state index contributed by atoms with van der Waals surface area (Å²) in [7, 11) is 0. The largest absolute Gasteiger partial charge is 0.481 e. The predicted molar refractivity (Wildman–Crippen MR) is 65.9 cm³/mol. The van der Waals surface area contributed by atoms with Gasteiger partial charge < -0.3 is 9.90 Å². The average molecular weight is 241 g/mol. The van der Waals surface area contributed by atoms with Gasteiger partial charge in [-0.05, 0) is 38.3 Å². The first-order chi connectivity index (χ1) is 8.06. The van der Waals surface area contributed by atoms with Gasteiger partial charge in [-0.3, -0.25) is 9.69 Å². The third-order valence-electron chi connectivity index (χ3n) is 3.41. The smallest absolute Gasteiger partial charge is 0.308 e. The second-order valence-electron chi connectivity index (χ2n) is 5.30. The summed E-state index contributed by atoms with van der Waals surface area (Å²) in [6.07, 6.45) is 4.71. The summed E-state index contributed by atoms with van der Waals surface area (Å²) in [6.45, 7) is 5.69. The summed E-state index contributed by atoms with van der Waals surface area (Å²) >= 11 is 0. The van der Waals surface area contributed by atoms with Crippen molar-refractivity contribution in [1.82, 2.24) is 4.90 Å². The van der Waals surface area contributed by atoms with Gasteiger partial charge in [0.2, 0.25) is 0 Å². The Morgan fingerprint density at radius 2 is 1.88 bits per heavy atom. The maximum absolute atomic E-state index is 11.3. The number of nitrogens with zero attached hydrogens (tertiary/aromatic N) is 1. The molecule has 0 aromatic carbocycles. The second-order valence-corrected chi connectivity index (χ2v) is 5.30. The molecule has 1 fully saturated rings. The Balaban J connectivity index is 2.72. The van der Waals surface area contributed by atoms with Crippen molar-refractivity contribution >= 4 is 12.3 Å². The maximum atomic E-state index is 11.3. The minimum Gasteiger partial charge on any atom is -0.481 e. The van der Waals surface area contributed by atoms with E-state index in [9.17, 15) is 14.7 Å². The number of carbonyl (C=O) groups excluding carboxylic acids is 1. The van der Waals surface area contributed by atoms with Gasteiger partial charge in [-0.2, -0.15) is 0 Å². The van der Waals surface area contributed by atoms with E-state index < -0.39 is 17.9 Å². The summed E-state index contributed by atoms with van der Waals surface area (Å²) in [5, 5.41) is 9.27. The third-order valence-corrected chi connectivity index (χ3v) is 3.41.